The SMILES string of the molecule is CCSCCC1NCC(C)S1. The lowest BCUT2D eigenvalue weighted by molar-refractivity contribution is 0.675. The van der Waals surface area contributed by atoms with Crippen LogP contribution in [0.4, 0.5) is 0 Å². The van der Waals surface area contributed by atoms with E-state index in [1.165, 1.54) is 24.5 Å². The number of thioether (sulfide) groups is 2. The highest BCUT2D eigenvalue weighted by Crippen LogP contribution is 2.24. The lowest BCUT2D eigenvalue weighted by atomic mass is 10.4. The van der Waals surface area contributed by atoms with Crippen LogP contribution in [0.1, 0.15) is 20.3 Å². The fourth-order valence-electron chi connectivity index (χ4n) is 1.18. The second-order valence-corrected chi connectivity index (χ2v) is 5.87. The zero-order valence-electron chi connectivity index (χ0n) is 7.30. The zero-order valence-corrected chi connectivity index (χ0v) is 8.93. The molecular weight excluding hydrogens is 174 g/mol. The highest BCUT2D eigenvalue weighted by atomic mass is 32.2. The molecule has 2 unspecified atom stereocenters. The normalized spacial score (nSPS) is 31.1. The van der Waals surface area contributed by atoms with Gasteiger partial charge in [0, 0.05) is 11.8 Å². The Morgan fingerprint density at radius 3 is 3.00 bits per heavy atom. The van der Waals surface area contributed by atoms with Gasteiger partial charge in [0.2, 0.25) is 0 Å². The summed E-state index contributed by atoms with van der Waals surface area (Å²) in [4.78, 5) is 0. The molecule has 1 saturated heterocycles. The van der Waals surface area contributed by atoms with Gasteiger partial charge in [0.15, 0.2) is 0 Å². The fourth-order valence-corrected chi connectivity index (χ4v) is 3.22. The molecule has 0 saturated carbocycles. The molecule has 0 bridgehead atoms. The predicted molar refractivity (Wildman–Crippen MR) is 56.5 cm³/mol. The molecule has 0 aromatic heterocycles. The summed E-state index contributed by atoms with van der Waals surface area (Å²) in [6.45, 7) is 5.72. The minimum atomic E-state index is 0.740. The van der Waals surface area contributed by atoms with Crippen LogP contribution >= 0.6 is 23.5 Å². The molecule has 66 valence electrons. The molecule has 0 radical (unpaired) electrons. The molecule has 1 rings (SSSR count). The van der Waals surface area contributed by atoms with Crippen LogP contribution in [-0.4, -0.2) is 28.7 Å². The highest BCUT2D eigenvalue weighted by Gasteiger charge is 2.19. The van der Waals surface area contributed by atoms with E-state index < -0.39 is 0 Å². The van der Waals surface area contributed by atoms with Crippen LogP contribution in [0.25, 0.3) is 0 Å². The maximum atomic E-state index is 3.51. The largest absolute Gasteiger partial charge is 0.304 e. The van der Waals surface area contributed by atoms with Crippen LogP contribution in [0.5, 0.6) is 0 Å². The lowest BCUT2D eigenvalue weighted by Crippen LogP contribution is -2.20. The van der Waals surface area contributed by atoms with Crippen LogP contribution in [0, 0.1) is 0 Å². The molecular formula is C8H17NS2. The zero-order chi connectivity index (χ0) is 8.10. The van der Waals surface area contributed by atoms with Gasteiger partial charge in [-0.3, -0.25) is 0 Å². The predicted octanol–water partition coefficient (Wildman–Crippen LogP) is 2.18. The van der Waals surface area contributed by atoms with Crippen molar-refractivity contribution in [3.63, 3.8) is 0 Å². The molecule has 1 heterocycles. The first kappa shape index (κ1) is 9.75. The van der Waals surface area contributed by atoms with E-state index in [1.807, 2.05) is 11.8 Å². The van der Waals surface area contributed by atoms with Gasteiger partial charge in [0.25, 0.3) is 0 Å². The van der Waals surface area contributed by atoms with Crippen LogP contribution in [0.3, 0.4) is 0 Å². The first-order chi connectivity index (χ1) is 5.33. The van der Waals surface area contributed by atoms with E-state index >= 15 is 0 Å². The molecule has 1 aliphatic rings. The van der Waals surface area contributed by atoms with Gasteiger partial charge in [0.05, 0.1) is 5.37 Å². The van der Waals surface area contributed by atoms with Crippen LogP contribution < -0.4 is 5.32 Å². The maximum Gasteiger partial charge on any atom is 0.0543 e. The van der Waals surface area contributed by atoms with Crippen molar-refractivity contribution in [3.8, 4) is 0 Å². The van der Waals surface area contributed by atoms with E-state index in [0.29, 0.717) is 0 Å². The first-order valence-electron chi connectivity index (χ1n) is 4.29. The van der Waals surface area contributed by atoms with E-state index in [1.54, 1.807) is 0 Å². The van der Waals surface area contributed by atoms with Gasteiger partial charge in [-0.05, 0) is 17.9 Å². The third-order valence-corrected chi connectivity index (χ3v) is 4.05. The number of hydrogen-bond donors (Lipinski definition) is 1. The highest BCUT2D eigenvalue weighted by molar-refractivity contribution is 8.01. The summed E-state index contributed by atoms with van der Waals surface area (Å²) in [5, 5.41) is 5.08. The summed E-state index contributed by atoms with van der Waals surface area (Å²) >= 11 is 4.13. The molecule has 1 fully saturated rings. The van der Waals surface area contributed by atoms with E-state index in [4.69, 9.17) is 0 Å². The summed E-state index contributed by atoms with van der Waals surface area (Å²) in [7, 11) is 0. The fraction of sp³-hybridized carbons (Fsp3) is 1.00. The van der Waals surface area contributed by atoms with Gasteiger partial charge in [-0.2, -0.15) is 11.8 Å². The number of rotatable bonds is 4. The van der Waals surface area contributed by atoms with Crippen molar-refractivity contribution in [1.29, 1.82) is 0 Å². The van der Waals surface area contributed by atoms with Gasteiger partial charge in [0.1, 0.15) is 0 Å². The molecule has 1 N–H and O–H groups in total. The Hall–Kier alpha value is 0.660. The Labute approximate surface area is 78.1 Å². The molecule has 0 aromatic rings. The van der Waals surface area contributed by atoms with Crippen LogP contribution in [0.2, 0.25) is 0 Å². The molecule has 0 aromatic carbocycles. The van der Waals surface area contributed by atoms with Gasteiger partial charge in [-0.1, -0.05) is 13.8 Å². The Morgan fingerprint density at radius 1 is 1.64 bits per heavy atom. The monoisotopic (exact) mass is 191 g/mol. The molecule has 3 heteroatoms. The third-order valence-electron chi connectivity index (χ3n) is 1.76. The van der Waals surface area contributed by atoms with Crippen LogP contribution in [0.15, 0.2) is 0 Å². The maximum absolute atomic E-state index is 3.51. The minimum absolute atomic E-state index is 0.740. The van der Waals surface area contributed by atoms with Gasteiger partial charge >= 0.3 is 0 Å². The smallest absolute Gasteiger partial charge is 0.0543 e. The standard InChI is InChI=1S/C8H17NS2/c1-3-10-5-4-8-9-6-7(2)11-8/h7-9H,3-6H2,1-2H3. The van der Waals surface area contributed by atoms with Crippen LogP contribution in [-0.2, 0) is 0 Å². The summed E-state index contributed by atoms with van der Waals surface area (Å²) in [6.07, 6.45) is 1.33. The Morgan fingerprint density at radius 2 is 2.45 bits per heavy atom. The number of hydrogen-bond acceptors (Lipinski definition) is 3. The minimum Gasteiger partial charge on any atom is -0.304 e. The molecule has 0 spiro atoms. The van der Waals surface area contributed by atoms with E-state index in [0.717, 1.165) is 10.6 Å². The van der Waals surface area contributed by atoms with E-state index in [-0.39, 0.29) is 0 Å². The van der Waals surface area contributed by atoms with Crippen molar-refractivity contribution in [3.05, 3.63) is 0 Å². The summed E-state index contributed by atoms with van der Waals surface area (Å²) in [5.41, 5.74) is 0. The van der Waals surface area contributed by atoms with Gasteiger partial charge in [-0.25, -0.2) is 0 Å². The molecule has 0 amide bonds. The topological polar surface area (TPSA) is 12.0 Å². The lowest BCUT2D eigenvalue weighted by Gasteiger charge is -2.07. The summed E-state index contributed by atoms with van der Waals surface area (Å²) < 4.78 is 0. The van der Waals surface area contributed by atoms with E-state index in [2.05, 4.69) is 30.9 Å². The van der Waals surface area contributed by atoms with Crippen molar-refractivity contribution >= 4 is 23.5 Å². The number of nitrogens with one attached hydrogen (secondary N) is 1. The summed E-state index contributed by atoms with van der Waals surface area (Å²) in [5.74, 6) is 2.57. The Bertz CT molecular complexity index is 108. The second-order valence-electron chi connectivity index (χ2n) is 2.83. The average Bonchev–Trinajstić information content (AvgIpc) is 2.37. The van der Waals surface area contributed by atoms with Crippen molar-refractivity contribution in [2.75, 3.05) is 18.1 Å². The van der Waals surface area contributed by atoms with Crippen molar-refractivity contribution < 1.29 is 0 Å². The van der Waals surface area contributed by atoms with E-state index in [9.17, 15) is 0 Å². The summed E-state index contributed by atoms with van der Waals surface area (Å²) in [6, 6.07) is 0. The third kappa shape index (κ3) is 3.72. The Balaban J connectivity index is 1.99. The molecule has 1 aliphatic heterocycles. The average molecular weight is 191 g/mol. The molecule has 0 aliphatic carbocycles. The van der Waals surface area contributed by atoms with Crippen molar-refractivity contribution in [2.45, 2.75) is 30.9 Å². The quantitative estimate of drug-likeness (QED) is 0.684. The van der Waals surface area contributed by atoms with Crippen molar-refractivity contribution in [1.82, 2.24) is 5.32 Å². The van der Waals surface area contributed by atoms with Gasteiger partial charge < -0.3 is 5.32 Å². The van der Waals surface area contributed by atoms with Gasteiger partial charge in [-0.15, -0.1) is 11.8 Å². The molecule has 1 nitrogen and oxygen atoms in total. The molecule has 2 atom stereocenters. The van der Waals surface area contributed by atoms with Crippen molar-refractivity contribution in [2.24, 2.45) is 0 Å². The Kier molecular flexibility index (Phi) is 4.72. The first-order valence-corrected chi connectivity index (χ1v) is 6.39. The second kappa shape index (κ2) is 5.33. The molecule has 11 heavy (non-hydrogen) atoms.